The molecule has 0 bridgehead atoms. The summed E-state index contributed by atoms with van der Waals surface area (Å²) in [5.41, 5.74) is 0.0133. The van der Waals surface area contributed by atoms with Crippen LogP contribution in [0.5, 0.6) is 0 Å². The van der Waals surface area contributed by atoms with Gasteiger partial charge in [0.05, 0.1) is 6.61 Å². The molecule has 2 unspecified atom stereocenters. The Morgan fingerprint density at radius 1 is 0.585 bits per heavy atom. The van der Waals surface area contributed by atoms with Crippen LogP contribution in [0.4, 0.5) is 14.4 Å². The Bertz CT molecular complexity index is 1740. The highest BCUT2D eigenvalue weighted by molar-refractivity contribution is 6.03. The number of carbonyl (C=O) groups is 5. The quantitative estimate of drug-likeness (QED) is 0.0212. The van der Waals surface area contributed by atoms with Crippen LogP contribution in [0.3, 0.4) is 0 Å². The Morgan fingerprint density at radius 2 is 1.06 bits per heavy atom. The fraction of sp³-hybridized carbons (Fsp3) is 0.633. The Hall–Kier alpha value is -5.22. The molecule has 0 aromatic heterocycles. The maximum atomic E-state index is 13.4. The molecule has 0 aliphatic heterocycles. The van der Waals surface area contributed by atoms with Crippen molar-refractivity contribution >= 4 is 36.1 Å². The molecule has 2 aromatic carbocycles. The van der Waals surface area contributed by atoms with E-state index in [2.05, 4.69) is 48.6 Å². The monoisotopic (exact) mass is 910 g/mol. The lowest BCUT2D eigenvalue weighted by Gasteiger charge is -2.26. The van der Waals surface area contributed by atoms with E-state index < -0.39 is 53.0 Å². The molecule has 0 aliphatic carbocycles. The molecule has 2 atom stereocenters. The van der Waals surface area contributed by atoms with Gasteiger partial charge in [0.2, 0.25) is 12.1 Å². The smallest absolute Gasteiger partial charge is 0.437 e. The fourth-order valence-corrected chi connectivity index (χ4v) is 6.21. The van der Waals surface area contributed by atoms with Gasteiger partial charge in [-0.1, -0.05) is 86.3 Å². The first kappa shape index (κ1) is 55.9. The average Bonchev–Trinajstić information content (AvgIpc) is 3.19. The Morgan fingerprint density at radius 3 is 1.60 bits per heavy atom. The second-order valence-electron chi connectivity index (χ2n) is 19.2. The van der Waals surface area contributed by atoms with Crippen LogP contribution in [-0.2, 0) is 41.7 Å². The third-order valence-electron chi connectivity index (χ3n) is 9.24. The molecule has 364 valence electrons. The highest BCUT2D eigenvalue weighted by atomic mass is 16.6. The van der Waals surface area contributed by atoms with Gasteiger partial charge in [-0.15, -0.1) is 4.99 Å². The zero-order chi connectivity index (χ0) is 48.3. The number of rotatable bonds is 25. The second-order valence-corrected chi connectivity index (χ2v) is 19.2. The van der Waals surface area contributed by atoms with Crippen molar-refractivity contribution in [1.82, 2.24) is 31.5 Å². The Balaban J connectivity index is 1.82. The predicted molar refractivity (Wildman–Crippen MR) is 254 cm³/mol. The minimum atomic E-state index is -1.30. The van der Waals surface area contributed by atoms with Crippen molar-refractivity contribution in [2.45, 2.75) is 169 Å². The van der Waals surface area contributed by atoms with Crippen molar-refractivity contribution in [2.75, 3.05) is 32.7 Å². The number of ether oxygens (including phenoxy) is 4. The zero-order valence-corrected chi connectivity index (χ0v) is 40.8. The van der Waals surface area contributed by atoms with Crippen molar-refractivity contribution in [3.05, 3.63) is 71.8 Å². The van der Waals surface area contributed by atoms with Gasteiger partial charge in [-0.2, -0.15) is 0 Å². The molecule has 0 fully saturated rings. The first-order chi connectivity index (χ1) is 30.6. The number of carbonyl (C=O) groups excluding carboxylic acids is 5. The topological polar surface area (TPSA) is 198 Å². The number of alkyl carbamates (subject to hydrolysis) is 2. The lowest BCUT2D eigenvalue weighted by molar-refractivity contribution is -0.146. The van der Waals surface area contributed by atoms with Crippen molar-refractivity contribution in [3.63, 3.8) is 0 Å². The number of benzene rings is 2. The molecule has 65 heavy (non-hydrogen) atoms. The van der Waals surface area contributed by atoms with Gasteiger partial charge in [0, 0.05) is 38.8 Å². The molecule has 0 saturated heterocycles. The standard InChI is InChI=1S/C49H79N7O9/c1-37(53-44(59)63-47(2,3)4)29-34-56(35-38-25-17-15-18-26-38)33-24-23-31-51-42(58)40(62-36-39-27-19-16-20-28-39)41(57)50-30-21-13-11-12-14-22-32-52-43(54-45(60)64-48(5,6)7)55-46(61)65-49(8,9)10/h15-20,25-28,37,40H,11-14,21-24,29-36H2,1-10H3,(H,50,57)(H,51,58)(H,53,59)(H2,52,54,55,60,61). The number of aliphatic imine (C=N–C) groups is 1. The molecule has 0 heterocycles. The van der Waals surface area contributed by atoms with Crippen molar-refractivity contribution in [2.24, 2.45) is 4.99 Å². The van der Waals surface area contributed by atoms with Crippen LogP contribution >= 0.6 is 0 Å². The SMILES string of the molecule is CC(CCN(CCCCNC(=O)C(OCc1ccccc1)C(=O)NCCCCCCCCNC(=NC(=O)OC(C)(C)C)NC(=O)OC(C)(C)C)Cc1ccccc1)NC(=O)OC(C)(C)C. The Kier molecular flexibility index (Phi) is 25.2. The van der Waals surface area contributed by atoms with Crippen LogP contribution in [0, 0.1) is 0 Å². The summed E-state index contributed by atoms with van der Waals surface area (Å²) in [6.45, 7) is 21.6. The van der Waals surface area contributed by atoms with E-state index in [4.69, 9.17) is 18.9 Å². The number of hydrogen-bond acceptors (Lipinski definition) is 10. The first-order valence-electron chi connectivity index (χ1n) is 23.1. The highest BCUT2D eigenvalue weighted by Gasteiger charge is 2.27. The number of nitrogens with zero attached hydrogens (tertiary/aromatic N) is 2. The molecule has 16 heteroatoms. The summed E-state index contributed by atoms with van der Waals surface area (Å²) < 4.78 is 21.9. The van der Waals surface area contributed by atoms with Crippen LogP contribution in [0.1, 0.15) is 138 Å². The summed E-state index contributed by atoms with van der Waals surface area (Å²) in [4.78, 5) is 69.9. The lowest BCUT2D eigenvalue weighted by atomic mass is 10.1. The van der Waals surface area contributed by atoms with Gasteiger partial charge in [0.15, 0.2) is 0 Å². The number of nitrogens with one attached hydrogen (secondary N) is 5. The van der Waals surface area contributed by atoms with Gasteiger partial charge >= 0.3 is 18.3 Å². The molecular weight excluding hydrogens is 831 g/mol. The normalized spacial score (nSPS) is 13.0. The largest absolute Gasteiger partial charge is 0.444 e. The molecule has 0 radical (unpaired) electrons. The maximum absolute atomic E-state index is 13.4. The minimum absolute atomic E-state index is 0.0424. The summed E-state index contributed by atoms with van der Waals surface area (Å²) in [5, 5.41) is 14.2. The van der Waals surface area contributed by atoms with Crippen LogP contribution in [0.2, 0.25) is 0 Å². The number of hydrogen-bond donors (Lipinski definition) is 5. The van der Waals surface area contributed by atoms with E-state index in [1.54, 1.807) is 41.5 Å². The van der Waals surface area contributed by atoms with Crippen LogP contribution in [-0.4, -0.2) is 103 Å². The molecule has 16 nitrogen and oxygen atoms in total. The van der Waals surface area contributed by atoms with Crippen LogP contribution < -0.4 is 26.6 Å². The van der Waals surface area contributed by atoms with Crippen molar-refractivity contribution < 1.29 is 42.9 Å². The molecule has 2 aromatic rings. The third kappa shape index (κ3) is 29.0. The first-order valence-corrected chi connectivity index (χ1v) is 23.1. The van der Waals surface area contributed by atoms with Gasteiger partial charge in [-0.05, 0) is 119 Å². The minimum Gasteiger partial charge on any atom is -0.444 e. The number of guanidine groups is 1. The van der Waals surface area contributed by atoms with E-state index in [9.17, 15) is 24.0 Å². The van der Waals surface area contributed by atoms with E-state index in [0.29, 0.717) is 26.1 Å². The summed E-state index contributed by atoms with van der Waals surface area (Å²) in [5.74, 6) is -0.994. The van der Waals surface area contributed by atoms with Crippen molar-refractivity contribution in [3.8, 4) is 0 Å². The summed E-state index contributed by atoms with van der Waals surface area (Å²) in [6, 6.07) is 19.6. The number of amides is 5. The molecule has 5 N–H and O–H groups in total. The zero-order valence-electron chi connectivity index (χ0n) is 40.8. The van der Waals surface area contributed by atoms with Gasteiger partial charge in [-0.3, -0.25) is 19.8 Å². The van der Waals surface area contributed by atoms with E-state index in [0.717, 1.165) is 76.6 Å². The van der Waals surface area contributed by atoms with Gasteiger partial charge in [0.25, 0.3) is 11.8 Å². The predicted octanol–water partition coefficient (Wildman–Crippen LogP) is 8.14. The molecule has 0 spiro atoms. The lowest BCUT2D eigenvalue weighted by Crippen LogP contribution is -2.47. The average molecular weight is 910 g/mol. The van der Waals surface area contributed by atoms with Crippen LogP contribution in [0.15, 0.2) is 65.7 Å². The van der Waals surface area contributed by atoms with Crippen molar-refractivity contribution in [1.29, 1.82) is 0 Å². The second kappa shape index (κ2) is 29.3. The number of unbranched alkanes of at least 4 members (excludes halogenated alkanes) is 6. The highest BCUT2D eigenvalue weighted by Crippen LogP contribution is 2.12. The van der Waals surface area contributed by atoms with Gasteiger partial charge in [-0.25, -0.2) is 14.4 Å². The molecule has 0 saturated carbocycles. The van der Waals surface area contributed by atoms with E-state index in [1.807, 2.05) is 76.2 Å². The fourth-order valence-electron chi connectivity index (χ4n) is 6.21. The summed E-state index contributed by atoms with van der Waals surface area (Å²) in [7, 11) is 0. The van der Waals surface area contributed by atoms with Crippen LogP contribution in [0.25, 0.3) is 0 Å². The van der Waals surface area contributed by atoms with Gasteiger partial charge in [0.1, 0.15) is 16.8 Å². The Labute approximate surface area is 388 Å². The summed E-state index contributed by atoms with van der Waals surface area (Å²) in [6.07, 6.45) is 4.09. The molecule has 0 aliphatic rings. The summed E-state index contributed by atoms with van der Waals surface area (Å²) >= 11 is 0. The van der Waals surface area contributed by atoms with Gasteiger partial charge < -0.3 is 40.2 Å². The van der Waals surface area contributed by atoms with E-state index in [-0.39, 0.29) is 18.6 Å². The maximum Gasteiger partial charge on any atom is 0.437 e. The molecule has 2 rings (SSSR count). The van der Waals surface area contributed by atoms with E-state index >= 15 is 0 Å². The molecular formula is C49H79N7O9. The third-order valence-corrected chi connectivity index (χ3v) is 9.24. The molecule has 5 amide bonds. The van der Waals surface area contributed by atoms with E-state index in [1.165, 1.54) is 5.56 Å².